The molecule has 182 valence electrons. The maximum absolute atomic E-state index is 13.3. The second kappa shape index (κ2) is 11.4. The summed E-state index contributed by atoms with van der Waals surface area (Å²) in [7, 11) is 0. The fraction of sp³-hybridized carbons (Fsp3) is 0.552. The van der Waals surface area contributed by atoms with Gasteiger partial charge in [0.2, 0.25) is 0 Å². The van der Waals surface area contributed by atoms with Crippen molar-refractivity contribution in [3.63, 3.8) is 0 Å². The van der Waals surface area contributed by atoms with Gasteiger partial charge in [0.05, 0.1) is 18.8 Å². The van der Waals surface area contributed by atoms with Crippen LogP contribution in [0.25, 0.3) is 11.1 Å². The summed E-state index contributed by atoms with van der Waals surface area (Å²) in [6.07, 6.45) is 9.95. The Bertz CT molecular complexity index is 977. The Morgan fingerprint density at radius 3 is 1.68 bits per heavy atom. The van der Waals surface area contributed by atoms with Crippen LogP contribution in [0.1, 0.15) is 67.3 Å². The van der Waals surface area contributed by atoms with E-state index in [-0.39, 0.29) is 5.78 Å². The molecule has 0 radical (unpaired) electrons. The lowest BCUT2D eigenvalue weighted by Crippen LogP contribution is -2.31. The molecule has 0 spiro atoms. The normalized spacial score (nSPS) is 18.5. The van der Waals surface area contributed by atoms with Crippen molar-refractivity contribution >= 4 is 5.78 Å². The van der Waals surface area contributed by atoms with Crippen molar-refractivity contribution in [2.75, 3.05) is 52.5 Å². The summed E-state index contributed by atoms with van der Waals surface area (Å²) >= 11 is 0. The lowest BCUT2D eigenvalue weighted by molar-refractivity contribution is 0.103. The van der Waals surface area contributed by atoms with Gasteiger partial charge >= 0.3 is 0 Å². The molecular weight excluding hydrogens is 424 g/mol. The molecule has 5 rings (SSSR count). The van der Waals surface area contributed by atoms with Gasteiger partial charge in [-0.3, -0.25) is 4.79 Å². The van der Waals surface area contributed by atoms with Gasteiger partial charge in [-0.25, -0.2) is 0 Å². The van der Waals surface area contributed by atoms with Crippen molar-refractivity contribution in [2.24, 2.45) is 0 Å². The molecule has 0 saturated carbocycles. The Hall–Kier alpha value is -2.37. The van der Waals surface area contributed by atoms with Crippen molar-refractivity contribution in [3.8, 4) is 22.6 Å². The average molecular weight is 463 g/mol. The highest BCUT2D eigenvalue weighted by Crippen LogP contribution is 2.45. The highest BCUT2D eigenvalue weighted by molar-refractivity contribution is 6.24. The highest BCUT2D eigenvalue weighted by atomic mass is 16.5. The molecule has 2 saturated heterocycles. The van der Waals surface area contributed by atoms with Crippen molar-refractivity contribution < 1.29 is 14.3 Å². The molecule has 34 heavy (non-hydrogen) atoms. The van der Waals surface area contributed by atoms with Gasteiger partial charge in [0.15, 0.2) is 5.78 Å². The minimum absolute atomic E-state index is 0.0513. The van der Waals surface area contributed by atoms with Gasteiger partial charge in [-0.15, -0.1) is 0 Å². The molecule has 0 unspecified atom stereocenters. The molecule has 0 aromatic heterocycles. The molecule has 0 amide bonds. The topological polar surface area (TPSA) is 42.0 Å². The maximum Gasteiger partial charge on any atom is 0.198 e. The van der Waals surface area contributed by atoms with Crippen molar-refractivity contribution in [2.45, 2.75) is 51.4 Å². The maximum atomic E-state index is 13.3. The van der Waals surface area contributed by atoms with Crippen LogP contribution in [0.5, 0.6) is 11.5 Å². The van der Waals surface area contributed by atoms with Gasteiger partial charge in [0.25, 0.3) is 0 Å². The Balaban J connectivity index is 1.21. The van der Waals surface area contributed by atoms with E-state index >= 15 is 0 Å². The van der Waals surface area contributed by atoms with E-state index in [1.165, 1.54) is 64.7 Å². The number of ketones is 1. The molecule has 5 heteroatoms. The number of hydrogen-bond donors (Lipinski definition) is 0. The molecule has 0 atom stereocenters. The van der Waals surface area contributed by atoms with Crippen LogP contribution in [0.4, 0.5) is 0 Å². The summed E-state index contributed by atoms with van der Waals surface area (Å²) in [4.78, 5) is 18.4. The van der Waals surface area contributed by atoms with E-state index in [1.54, 1.807) is 0 Å². The number of carbonyl (C=O) groups excluding carboxylic acids is 1. The second-order valence-electron chi connectivity index (χ2n) is 9.90. The van der Waals surface area contributed by atoms with E-state index in [1.807, 2.05) is 36.4 Å². The molecule has 2 aromatic rings. The van der Waals surface area contributed by atoms with E-state index in [4.69, 9.17) is 9.47 Å². The number of nitrogens with zero attached hydrogens (tertiary/aromatic N) is 2. The summed E-state index contributed by atoms with van der Waals surface area (Å²) in [6, 6.07) is 11.8. The third-order valence-electron chi connectivity index (χ3n) is 7.44. The smallest absolute Gasteiger partial charge is 0.198 e. The first kappa shape index (κ1) is 23.4. The standard InChI is InChI=1S/C29H38N2O3/c32-29-24-12-8-13-25(33-21-9-19-30-15-3-1-4-16-30)27(24)23-11-7-14-26(28(23)29)34-22-10-20-31-17-5-2-6-18-31/h7-8,11-14H,1-6,9-10,15-22H2. The number of ether oxygens (including phenoxy) is 2. The van der Waals surface area contributed by atoms with Gasteiger partial charge < -0.3 is 19.3 Å². The summed E-state index contributed by atoms with van der Waals surface area (Å²) in [5.41, 5.74) is 3.30. The monoisotopic (exact) mass is 462 g/mol. The minimum Gasteiger partial charge on any atom is -0.493 e. The van der Waals surface area contributed by atoms with Gasteiger partial charge in [0.1, 0.15) is 11.5 Å². The lowest BCUT2D eigenvalue weighted by atomic mass is 10.0. The van der Waals surface area contributed by atoms with Gasteiger partial charge in [-0.05, 0) is 76.8 Å². The van der Waals surface area contributed by atoms with Crippen LogP contribution < -0.4 is 9.47 Å². The molecule has 2 aromatic carbocycles. The molecule has 3 aliphatic rings. The van der Waals surface area contributed by atoms with E-state index in [9.17, 15) is 4.79 Å². The van der Waals surface area contributed by atoms with Gasteiger partial charge in [0, 0.05) is 29.8 Å². The van der Waals surface area contributed by atoms with Crippen molar-refractivity contribution in [1.82, 2.24) is 9.80 Å². The fourth-order valence-electron chi connectivity index (χ4n) is 5.65. The molecule has 2 aliphatic heterocycles. The third kappa shape index (κ3) is 5.31. The van der Waals surface area contributed by atoms with Crippen LogP contribution >= 0.6 is 0 Å². The number of rotatable bonds is 10. The number of benzene rings is 2. The minimum atomic E-state index is 0.0513. The van der Waals surface area contributed by atoms with Crippen LogP contribution in [-0.4, -0.2) is 68.1 Å². The van der Waals surface area contributed by atoms with E-state index in [0.29, 0.717) is 24.5 Å². The Kier molecular flexibility index (Phi) is 7.82. The molecular formula is C29H38N2O3. The largest absolute Gasteiger partial charge is 0.493 e. The summed E-state index contributed by atoms with van der Waals surface area (Å²) in [5.74, 6) is 1.56. The molecule has 2 fully saturated rings. The first-order valence-corrected chi connectivity index (χ1v) is 13.3. The highest BCUT2D eigenvalue weighted by Gasteiger charge is 2.32. The fourth-order valence-corrected chi connectivity index (χ4v) is 5.65. The molecule has 0 N–H and O–H groups in total. The predicted octanol–water partition coefficient (Wildman–Crippen LogP) is 5.41. The van der Waals surface area contributed by atoms with Gasteiger partial charge in [-0.2, -0.15) is 0 Å². The number of hydrogen-bond acceptors (Lipinski definition) is 5. The zero-order chi connectivity index (χ0) is 23.2. The predicted molar refractivity (Wildman–Crippen MR) is 136 cm³/mol. The van der Waals surface area contributed by atoms with Crippen LogP contribution in [0, 0.1) is 0 Å². The first-order valence-electron chi connectivity index (χ1n) is 13.3. The van der Waals surface area contributed by atoms with Crippen LogP contribution in [0.3, 0.4) is 0 Å². The van der Waals surface area contributed by atoms with E-state index in [2.05, 4.69) is 9.80 Å². The summed E-state index contributed by atoms with van der Waals surface area (Å²) < 4.78 is 12.4. The molecule has 0 bridgehead atoms. The third-order valence-corrected chi connectivity index (χ3v) is 7.44. The van der Waals surface area contributed by atoms with E-state index in [0.717, 1.165) is 48.4 Å². The molecule has 2 heterocycles. The van der Waals surface area contributed by atoms with Crippen LogP contribution in [0.2, 0.25) is 0 Å². The van der Waals surface area contributed by atoms with Crippen molar-refractivity contribution in [1.29, 1.82) is 0 Å². The SMILES string of the molecule is O=C1c2cccc(OCCCN3CCCCC3)c2-c2cccc(OCCCN3CCCCC3)c21. The average Bonchev–Trinajstić information content (AvgIpc) is 3.19. The zero-order valence-electron chi connectivity index (χ0n) is 20.4. The number of piperidine rings is 2. The molecule has 5 nitrogen and oxygen atoms in total. The summed E-state index contributed by atoms with van der Waals surface area (Å²) in [5, 5.41) is 0. The summed E-state index contributed by atoms with van der Waals surface area (Å²) in [6.45, 7) is 8.29. The van der Waals surface area contributed by atoms with E-state index < -0.39 is 0 Å². The second-order valence-corrected chi connectivity index (χ2v) is 9.90. The number of likely N-dealkylation sites (tertiary alicyclic amines) is 2. The first-order chi connectivity index (χ1) is 16.8. The quantitative estimate of drug-likeness (QED) is 0.377. The Morgan fingerprint density at radius 1 is 0.618 bits per heavy atom. The lowest BCUT2D eigenvalue weighted by Gasteiger charge is -2.26. The van der Waals surface area contributed by atoms with Crippen molar-refractivity contribution in [3.05, 3.63) is 47.5 Å². The zero-order valence-corrected chi connectivity index (χ0v) is 20.4. The van der Waals surface area contributed by atoms with Crippen LogP contribution in [-0.2, 0) is 0 Å². The van der Waals surface area contributed by atoms with Crippen LogP contribution in [0.15, 0.2) is 36.4 Å². The van der Waals surface area contributed by atoms with Gasteiger partial charge in [-0.1, -0.05) is 37.1 Å². The Morgan fingerprint density at radius 2 is 1.12 bits per heavy atom. The molecule has 1 aliphatic carbocycles. The number of carbonyl (C=O) groups is 1. The Labute approximate surface area is 204 Å². The number of fused-ring (bicyclic) bond motifs is 3.